The molecule has 0 radical (unpaired) electrons. The topological polar surface area (TPSA) is 80.2 Å². The zero-order valence-corrected chi connectivity index (χ0v) is 18.2. The van der Waals surface area contributed by atoms with Crippen molar-refractivity contribution in [2.75, 3.05) is 5.32 Å². The number of fused-ring (bicyclic) bond motifs is 3. The summed E-state index contributed by atoms with van der Waals surface area (Å²) in [6.07, 6.45) is 7.69. The Kier molecular flexibility index (Phi) is 5.07. The van der Waals surface area contributed by atoms with Crippen LogP contribution in [0.2, 0.25) is 5.02 Å². The zero-order chi connectivity index (χ0) is 21.8. The Morgan fingerprint density at radius 3 is 2.58 bits per heavy atom. The molecule has 2 aromatic heterocycles. The molecule has 5 rings (SSSR count). The van der Waals surface area contributed by atoms with Gasteiger partial charge in [-0.05, 0) is 57.7 Å². The van der Waals surface area contributed by atoms with Crippen LogP contribution in [0.5, 0.6) is 0 Å². The van der Waals surface area contributed by atoms with E-state index < -0.39 is 11.4 Å². The van der Waals surface area contributed by atoms with Crippen LogP contribution in [0.15, 0.2) is 30.6 Å². The van der Waals surface area contributed by atoms with Crippen molar-refractivity contribution in [2.45, 2.75) is 63.4 Å². The van der Waals surface area contributed by atoms with E-state index in [9.17, 15) is 9.50 Å². The van der Waals surface area contributed by atoms with Crippen molar-refractivity contribution in [3.63, 3.8) is 0 Å². The molecule has 2 fully saturated rings. The van der Waals surface area contributed by atoms with E-state index in [4.69, 9.17) is 16.3 Å². The Morgan fingerprint density at radius 1 is 1.13 bits per heavy atom. The lowest BCUT2D eigenvalue weighted by Crippen LogP contribution is -2.34. The first-order valence-corrected chi connectivity index (χ1v) is 10.9. The third-order valence-electron chi connectivity index (χ3n) is 6.08. The number of halogens is 2. The molecule has 0 saturated carbocycles. The van der Waals surface area contributed by atoms with E-state index in [0.29, 0.717) is 45.4 Å². The van der Waals surface area contributed by atoms with E-state index in [2.05, 4.69) is 20.3 Å². The molecular formula is C23H24ClFN4O2. The van der Waals surface area contributed by atoms with Crippen molar-refractivity contribution in [3.05, 3.63) is 47.0 Å². The van der Waals surface area contributed by atoms with Gasteiger partial charge in [0, 0.05) is 28.8 Å². The lowest BCUT2D eigenvalue weighted by molar-refractivity contribution is 0.000602. The summed E-state index contributed by atoms with van der Waals surface area (Å²) in [5, 5.41) is 14.6. The van der Waals surface area contributed by atoms with E-state index >= 15 is 0 Å². The van der Waals surface area contributed by atoms with Crippen LogP contribution in [-0.2, 0) is 10.3 Å². The van der Waals surface area contributed by atoms with Gasteiger partial charge in [0.1, 0.15) is 11.3 Å². The standard InChI is InChI=1S/C23H24ClFN4O2/c1-23(2,30)14-6-12-5-13(7-19(25)21(12)26-10-14)20-18(24)11-27-22(29-20)28-15-8-16-3-4-17(9-15)31-16/h5-7,10-11,15-17,30H,3-4,8-9H2,1-2H3,(H,27,28,29)/t15?,16-,17?/m0/s1. The van der Waals surface area contributed by atoms with Gasteiger partial charge in [-0.2, -0.15) is 0 Å². The molecule has 1 aromatic carbocycles. The van der Waals surface area contributed by atoms with Gasteiger partial charge in [-0.25, -0.2) is 14.4 Å². The third kappa shape index (κ3) is 4.10. The van der Waals surface area contributed by atoms with Crippen LogP contribution >= 0.6 is 11.6 Å². The van der Waals surface area contributed by atoms with Crippen LogP contribution in [-0.4, -0.2) is 38.3 Å². The maximum absolute atomic E-state index is 14.8. The number of aromatic nitrogens is 3. The smallest absolute Gasteiger partial charge is 0.223 e. The second-order valence-corrected chi connectivity index (χ2v) is 9.38. The molecule has 2 unspecified atom stereocenters. The molecule has 31 heavy (non-hydrogen) atoms. The monoisotopic (exact) mass is 442 g/mol. The molecule has 0 amide bonds. The molecule has 4 heterocycles. The Hall–Kier alpha value is -2.35. The van der Waals surface area contributed by atoms with Crippen LogP contribution in [0, 0.1) is 5.82 Å². The molecule has 3 aromatic rings. The van der Waals surface area contributed by atoms with Crippen LogP contribution in [0.3, 0.4) is 0 Å². The van der Waals surface area contributed by atoms with Gasteiger partial charge < -0.3 is 15.2 Å². The minimum atomic E-state index is -1.08. The number of hydrogen-bond donors (Lipinski definition) is 2. The van der Waals surface area contributed by atoms with Gasteiger partial charge in [-0.15, -0.1) is 0 Å². The average molecular weight is 443 g/mol. The van der Waals surface area contributed by atoms with E-state index in [1.165, 1.54) is 18.5 Å². The highest BCUT2D eigenvalue weighted by Crippen LogP contribution is 2.35. The number of nitrogens with one attached hydrogen (secondary N) is 1. The highest BCUT2D eigenvalue weighted by molar-refractivity contribution is 6.33. The van der Waals surface area contributed by atoms with Gasteiger partial charge in [-0.1, -0.05) is 11.6 Å². The summed E-state index contributed by atoms with van der Waals surface area (Å²) in [4.78, 5) is 13.1. The number of ether oxygens (including phenoxy) is 1. The van der Waals surface area contributed by atoms with Crippen molar-refractivity contribution in [2.24, 2.45) is 0 Å². The summed E-state index contributed by atoms with van der Waals surface area (Å²) in [5.74, 6) is -0.00504. The van der Waals surface area contributed by atoms with Gasteiger partial charge in [-0.3, -0.25) is 4.98 Å². The van der Waals surface area contributed by atoms with E-state index in [0.717, 1.165) is 25.7 Å². The summed E-state index contributed by atoms with van der Waals surface area (Å²) in [7, 11) is 0. The second-order valence-electron chi connectivity index (χ2n) is 8.97. The number of nitrogens with zero attached hydrogens (tertiary/aromatic N) is 3. The van der Waals surface area contributed by atoms with Crippen molar-refractivity contribution in [1.29, 1.82) is 0 Å². The van der Waals surface area contributed by atoms with Crippen molar-refractivity contribution in [1.82, 2.24) is 15.0 Å². The highest BCUT2D eigenvalue weighted by atomic mass is 35.5. The molecule has 0 aliphatic carbocycles. The van der Waals surface area contributed by atoms with Gasteiger partial charge in [0.2, 0.25) is 5.95 Å². The summed E-state index contributed by atoms with van der Waals surface area (Å²) in [5.41, 5.74) is 0.728. The molecule has 162 valence electrons. The summed E-state index contributed by atoms with van der Waals surface area (Å²) >= 11 is 6.39. The minimum Gasteiger partial charge on any atom is -0.386 e. The maximum Gasteiger partial charge on any atom is 0.223 e. The van der Waals surface area contributed by atoms with E-state index in [-0.39, 0.29) is 11.6 Å². The number of hydrogen-bond acceptors (Lipinski definition) is 6. The number of aliphatic hydroxyl groups is 1. The largest absolute Gasteiger partial charge is 0.386 e. The summed E-state index contributed by atoms with van der Waals surface area (Å²) in [6.45, 7) is 3.33. The van der Waals surface area contributed by atoms with Crippen LogP contribution in [0.1, 0.15) is 45.1 Å². The molecule has 2 aliphatic heterocycles. The molecule has 2 saturated heterocycles. The average Bonchev–Trinajstić information content (AvgIpc) is 3.06. The fourth-order valence-electron chi connectivity index (χ4n) is 4.47. The normalized spacial score (nSPS) is 23.3. The van der Waals surface area contributed by atoms with Gasteiger partial charge >= 0.3 is 0 Å². The molecule has 2 aliphatic rings. The number of anilines is 1. The molecule has 8 heteroatoms. The zero-order valence-electron chi connectivity index (χ0n) is 17.4. The van der Waals surface area contributed by atoms with Crippen LogP contribution in [0.4, 0.5) is 10.3 Å². The first kappa shape index (κ1) is 20.5. The predicted octanol–water partition coefficient (Wildman–Crippen LogP) is 4.83. The number of benzene rings is 1. The van der Waals surface area contributed by atoms with Crippen molar-refractivity contribution >= 4 is 28.5 Å². The first-order chi connectivity index (χ1) is 14.8. The number of rotatable bonds is 4. The molecule has 3 atom stereocenters. The van der Waals surface area contributed by atoms with Crippen molar-refractivity contribution in [3.8, 4) is 11.3 Å². The summed E-state index contributed by atoms with van der Waals surface area (Å²) < 4.78 is 20.7. The Bertz CT molecular complexity index is 1140. The molecule has 6 nitrogen and oxygen atoms in total. The van der Waals surface area contributed by atoms with Gasteiger partial charge in [0.15, 0.2) is 0 Å². The van der Waals surface area contributed by atoms with E-state index in [1.54, 1.807) is 26.0 Å². The molecule has 2 N–H and O–H groups in total. The van der Waals surface area contributed by atoms with Crippen molar-refractivity contribution < 1.29 is 14.2 Å². The quantitative estimate of drug-likeness (QED) is 0.602. The predicted molar refractivity (Wildman–Crippen MR) is 118 cm³/mol. The fourth-order valence-corrected chi connectivity index (χ4v) is 4.67. The highest BCUT2D eigenvalue weighted by Gasteiger charge is 2.35. The fraction of sp³-hybridized carbons (Fsp3) is 0.435. The van der Waals surface area contributed by atoms with E-state index in [1.807, 2.05) is 0 Å². The second kappa shape index (κ2) is 7.65. The van der Waals surface area contributed by atoms with Crippen LogP contribution < -0.4 is 5.32 Å². The summed E-state index contributed by atoms with van der Waals surface area (Å²) in [6, 6.07) is 5.15. The third-order valence-corrected chi connectivity index (χ3v) is 6.36. The molecular weight excluding hydrogens is 419 g/mol. The maximum atomic E-state index is 14.8. The Balaban J connectivity index is 1.49. The Labute approximate surface area is 184 Å². The number of pyridine rings is 1. The van der Waals surface area contributed by atoms with Gasteiger partial charge in [0.25, 0.3) is 0 Å². The van der Waals surface area contributed by atoms with Gasteiger partial charge in [0.05, 0.1) is 34.7 Å². The molecule has 0 spiro atoms. The Morgan fingerprint density at radius 2 is 1.87 bits per heavy atom. The lowest BCUT2D eigenvalue weighted by Gasteiger charge is -2.29. The lowest BCUT2D eigenvalue weighted by atomic mass is 9.98. The molecule has 2 bridgehead atoms. The van der Waals surface area contributed by atoms with Crippen LogP contribution in [0.25, 0.3) is 22.2 Å². The minimum absolute atomic E-state index is 0.234. The first-order valence-electron chi connectivity index (χ1n) is 10.5. The SMILES string of the molecule is CC(C)(O)c1cnc2c(F)cc(-c3nc(NC4CC5CC[C@@H](C4)O5)ncc3Cl)cc2c1.